The molecule has 0 aliphatic carbocycles. The molecule has 2 N–H and O–H groups in total. The number of phenols is 1. The number of halogens is 1. The highest BCUT2D eigenvalue weighted by atomic mass is 35.5. The molecule has 3 rings (SSSR count). The van der Waals surface area contributed by atoms with Gasteiger partial charge in [0.25, 0.3) is 0 Å². The van der Waals surface area contributed by atoms with Crippen LogP contribution in [-0.2, 0) is 0 Å². The van der Waals surface area contributed by atoms with Gasteiger partial charge in [0.2, 0.25) is 0 Å². The number of fused-ring (bicyclic) bond motifs is 1. The van der Waals surface area contributed by atoms with Crippen molar-refractivity contribution in [3.8, 4) is 22.9 Å². The molecule has 5 nitrogen and oxygen atoms in total. The van der Waals surface area contributed by atoms with Gasteiger partial charge in [0.15, 0.2) is 5.22 Å². The van der Waals surface area contributed by atoms with Crippen LogP contribution < -0.4 is 0 Å². The number of rotatable bonds is 2. The number of furan rings is 1. The number of aromatic carboxylic acids is 1. The predicted molar refractivity (Wildman–Crippen MR) is 80.0 cm³/mol. The molecule has 0 radical (unpaired) electrons. The highest BCUT2D eigenvalue weighted by Crippen LogP contribution is 2.39. The van der Waals surface area contributed by atoms with Crippen LogP contribution in [0, 0.1) is 11.3 Å². The Bertz CT molecular complexity index is 953. The van der Waals surface area contributed by atoms with Crippen LogP contribution >= 0.6 is 11.6 Å². The molecular weight excluding hydrogens is 306 g/mol. The van der Waals surface area contributed by atoms with E-state index in [1.165, 1.54) is 18.2 Å². The number of hydrogen-bond acceptors (Lipinski definition) is 4. The van der Waals surface area contributed by atoms with Crippen molar-refractivity contribution in [2.24, 2.45) is 0 Å². The van der Waals surface area contributed by atoms with Crippen LogP contribution in [0.15, 0.2) is 40.8 Å². The normalized spacial score (nSPS) is 10.5. The third-order valence-corrected chi connectivity index (χ3v) is 3.48. The molecule has 3 aromatic rings. The zero-order valence-corrected chi connectivity index (χ0v) is 11.8. The van der Waals surface area contributed by atoms with E-state index in [1.54, 1.807) is 18.2 Å². The topological polar surface area (TPSA) is 94.5 Å². The summed E-state index contributed by atoms with van der Waals surface area (Å²) >= 11 is 5.85. The van der Waals surface area contributed by atoms with E-state index in [-0.39, 0.29) is 16.5 Å². The van der Waals surface area contributed by atoms with Crippen molar-refractivity contribution >= 4 is 28.5 Å². The summed E-state index contributed by atoms with van der Waals surface area (Å²) in [7, 11) is 0. The fourth-order valence-corrected chi connectivity index (χ4v) is 2.52. The van der Waals surface area contributed by atoms with Crippen LogP contribution in [0.3, 0.4) is 0 Å². The SMILES string of the molecule is N#Cc1cc(-c2cccc(C(=O)O)c2O)c2cc(Cl)oc2c1. The fourth-order valence-electron chi connectivity index (χ4n) is 2.33. The van der Waals surface area contributed by atoms with E-state index in [9.17, 15) is 9.90 Å². The second kappa shape index (κ2) is 5.10. The quantitative estimate of drug-likeness (QED) is 0.744. The van der Waals surface area contributed by atoms with Gasteiger partial charge in [-0.05, 0) is 35.4 Å². The summed E-state index contributed by atoms with van der Waals surface area (Å²) in [5.41, 5.74) is 1.25. The number of aromatic hydroxyl groups is 1. The van der Waals surface area contributed by atoms with Crippen molar-refractivity contribution < 1.29 is 19.4 Å². The Hall–Kier alpha value is -2.97. The smallest absolute Gasteiger partial charge is 0.339 e. The largest absolute Gasteiger partial charge is 0.506 e. The van der Waals surface area contributed by atoms with Crippen LogP contribution in [-0.4, -0.2) is 16.2 Å². The minimum atomic E-state index is -1.24. The summed E-state index contributed by atoms with van der Waals surface area (Å²) in [4.78, 5) is 11.1. The summed E-state index contributed by atoms with van der Waals surface area (Å²) < 4.78 is 5.31. The lowest BCUT2D eigenvalue weighted by Gasteiger charge is -2.09. The highest BCUT2D eigenvalue weighted by Gasteiger charge is 2.18. The Balaban J connectivity index is 2.37. The van der Waals surface area contributed by atoms with E-state index >= 15 is 0 Å². The average Bonchev–Trinajstić information content (AvgIpc) is 2.86. The Morgan fingerprint density at radius 3 is 2.68 bits per heavy atom. The third kappa shape index (κ3) is 2.16. The van der Waals surface area contributed by atoms with E-state index in [2.05, 4.69) is 0 Å². The molecule has 1 aromatic heterocycles. The van der Waals surface area contributed by atoms with Gasteiger partial charge in [-0.2, -0.15) is 5.26 Å². The minimum absolute atomic E-state index is 0.139. The summed E-state index contributed by atoms with van der Waals surface area (Å²) in [6.45, 7) is 0. The lowest BCUT2D eigenvalue weighted by atomic mass is 9.97. The molecule has 0 fully saturated rings. The average molecular weight is 314 g/mol. The van der Waals surface area contributed by atoms with Gasteiger partial charge in [-0.3, -0.25) is 0 Å². The molecule has 0 spiro atoms. The molecule has 0 saturated heterocycles. The van der Waals surface area contributed by atoms with Crippen LogP contribution in [0.1, 0.15) is 15.9 Å². The maximum Gasteiger partial charge on any atom is 0.339 e. The standard InChI is InChI=1S/C16H8ClNO4/c17-14-6-12-11(4-8(7-18)5-13(12)22-14)9-2-1-3-10(15(9)19)16(20)21/h1-6,19H,(H,20,21). The van der Waals surface area contributed by atoms with Gasteiger partial charge in [0, 0.05) is 17.0 Å². The Morgan fingerprint density at radius 1 is 1.23 bits per heavy atom. The highest BCUT2D eigenvalue weighted by molar-refractivity contribution is 6.30. The maximum atomic E-state index is 11.1. The number of nitriles is 1. The second-order valence-electron chi connectivity index (χ2n) is 4.60. The van der Waals surface area contributed by atoms with E-state index in [0.29, 0.717) is 27.7 Å². The number of carboxylic acid groups (broad SMARTS) is 1. The van der Waals surface area contributed by atoms with Crippen molar-refractivity contribution in [3.63, 3.8) is 0 Å². The molecule has 0 aliphatic rings. The molecule has 0 atom stereocenters. The van der Waals surface area contributed by atoms with Gasteiger partial charge in [-0.15, -0.1) is 0 Å². The first kappa shape index (κ1) is 14.0. The van der Waals surface area contributed by atoms with Crippen molar-refractivity contribution in [2.75, 3.05) is 0 Å². The van der Waals surface area contributed by atoms with Gasteiger partial charge in [-0.25, -0.2) is 4.79 Å². The van der Waals surface area contributed by atoms with E-state index in [1.807, 2.05) is 6.07 Å². The molecule has 1 heterocycles. The molecule has 0 bridgehead atoms. The fraction of sp³-hybridized carbons (Fsp3) is 0. The molecular formula is C16H8ClNO4. The molecule has 6 heteroatoms. The van der Waals surface area contributed by atoms with E-state index in [0.717, 1.165) is 0 Å². The number of nitrogens with zero attached hydrogens (tertiary/aromatic N) is 1. The van der Waals surface area contributed by atoms with Crippen LogP contribution in [0.25, 0.3) is 22.1 Å². The number of benzene rings is 2. The first-order valence-corrected chi connectivity index (χ1v) is 6.58. The third-order valence-electron chi connectivity index (χ3n) is 3.29. The zero-order chi connectivity index (χ0) is 15.9. The number of para-hydroxylation sites is 1. The van der Waals surface area contributed by atoms with Crippen molar-refractivity contribution in [2.45, 2.75) is 0 Å². The molecule has 0 aliphatic heterocycles. The second-order valence-corrected chi connectivity index (χ2v) is 4.98. The number of carboxylic acids is 1. The maximum absolute atomic E-state index is 11.1. The molecule has 0 unspecified atom stereocenters. The van der Waals surface area contributed by atoms with Crippen molar-refractivity contribution in [1.82, 2.24) is 0 Å². The van der Waals surface area contributed by atoms with Gasteiger partial charge in [0.1, 0.15) is 16.9 Å². The van der Waals surface area contributed by atoms with Crippen LogP contribution in [0.2, 0.25) is 5.22 Å². The molecule has 22 heavy (non-hydrogen) atoms. The zero-order valence-electron chi connectivity index (χ0n) is 11.0. The monoisotopic (exact) mass is 313 g/mol. The van der Waals surface area contributed by atoms with Crippen molar-refractivity contribution in [3.05, 3.63) is 52.7 Å². The Morgan fingerprint density at radius 2 is 2.00 bits per heavy atom. The van der Waals surface area contributed by atoms with Crippen LogP contribution in [0.4, 0.5) is 0 Å². The lowest BCUT2D eigenvalue weighted by molar-refractivity contribution is 0.0694. The van der Waals surface area contributed by atoms with E-state index in [4.69, 9.17) is 26.4 Å². The van der Waals surface area contributed by atoms with Crippen LogP contribution in [0.5, 0.6) is 5.75 Å². The minimum Gasteiger partial charge on any atom is -0.506 e. The Kier molecular flexibility index (Phi) is 3.24. The molecule has 2 aromatic carbocycles. The Labute approximate surface area is 129 Å². The van der Waals surface area contributed by atoms with Gasteiger partial charge < -0.3 is 14.6 Å². The lowest BCUT2D eigenvalue weighted by Crippen LogP contribution is -1.97. The molecule has 108 valence electrons. The number of carbonyl (C=O) groups is 1. The first-order valence-electron chi connectivity index (χ1n) is 6.20. The van der Waals surface area contributed by atoms with Gasteiger partial charge >= 0.3 is 5.97 Å². The summed E-state index contributed by atoms with van der Waals surface area (Å²) in [6.07, 6.45) is 0. The first-order chi connectivity index (χ1) is 10.5. The van der Waals surface area contributed by atoms with Gasteiger partial charge in [0.05, 0.1) is 11.6 Å². The van der Waals surface area contributed by atoms with Gasteiger partial charge in [-0.1, -0.05) is 12.1 Å². The molecule has 0 amide bonds. The van der Waals surface area contributed by atoms with E-state index < -0.39 is 5.97 Å². The summed E-state index contributed by atoms with van der Waals surface area (Å²) in [6, 6.07) is 11.0. The predicted octanol–water partition coefficient (Wildman–Crippen LogP) is 4.03. The number of hydrogen-bond donors (Lipinski definition) is 2. The summed E-state index contributed by atoms with van der Waals surface area (Å²) in [5, 5.41) is 29.1. The van der Waals surface area contributed by atoms with Crippen molar-refractivity contribution in [1.29, 1.82) is 5.26 Å². The summed E-state index contributed by atoms with van der Waals surface area (Å²) in [5.74, 6) is -1.61. The molecule has 0 saturated carbocycles.